The minimum absolute atomic E-state index is 0.223. The summed E-state index contributed by atoms with van der Waals surface area (Å²) in [5, 5.41) is 3.61. The van der Waals surface area contributed by atoms with Gasteiger partial charge in [-0.1, -0.05) is 22.0 Å². The fourth-order valence-corrected chi connectivity index (χ4v) is 4.06. The predicted molar refractivity (Wildman–Crippen MR) is 82.1 cm³/mol. The number of carbonyl (C=O) groups excluding carboxylic acids is 1. The van der Waals surface area contributed by atoms with Gasteiger partial charge >= 0.3 is 5.97 Å². The fraction of sp³-hybridized carbons (Fsp3) is 0.562. The predicted octanol–water partition coefficient (Wildman–Crippen LogP) is 2.57. The Bertz CT molecular complexity index is 565. The number of carbonyl (C=O) groups is 1. The Balaban J connectivity index is 1.49. The fourth-order valence-electron chi connectivity index (χ4n) is 3.61. The van der Waals surface area contributed by atoms with Gasteiger partial charge in [0.2, 0.25) is 0 Å². The number of ether oxygens (including phenoxy) is 2. The molecular weight excluding hydrogens is 334 g/mol. The SMILES string of the molecule is O=C1Oc2cc(OC3CC4CCC(C3)N4)ccc2CC1Br. The minimum Gasteiger partial charge on any atom is -0.490 e. The monoisotopic (exact) mass is 351 g/mol. The molecule has 0 radical (unpaired) electrons. The standard InChI is InChI=1S/C16H18BrNO3/c17-14-5-9-1-4-12(8-15(9)21-16(14)19)20-13-6-10-2-3-11(7-13)18-10/h1,4,8,10-11,13-14,18H,2-3,5-7H2. The van der Waals surface area contributed by atoms with E-state index in [1.54, 1.807) is 0 Å². The first-order valence-electron chi connectivity index (χ1n) is 7.59. The van der Waals surface area contributed by atoms with Crippen molar-refractivity contribution in [2.24, 2.45) is 0 Å². The number of hydrogen-bond acceptors (Lipinski definition) is 4. The molecule has 1 aromatic rings. The first-order valence-corrected chi connectivity index (χ1v) is 8.50. The highest BCUT2D eigenvalue weighted by atomic mass is 79.9. The molecule has 4 nitrogen and oxygen atoms in total. The Morgan fingerprint density at radius 3 is 2.76 bits per heavy atom. The van der Waals surface area contributed by atoms with Gasteiger partial charge in [-0.05, 0) is 43.7 Å². The first-order chi connectivity index (χ1) is 10.2. The van der Waals surface area contributed by atoms with Crippen molar-refractivity contribution in [1.82, 2.24) is 5.32 Å². The van der Waals surface area contributed by atoms with E-state index in [1.807, 2.05) is 18.2 Å². The number of hydrogen-bond donors (Lipinski definition) is 1. The average molecular weight is 352 g/mol. The summed E-state index contributed by atoms with van der Waals surface area (Å²) >= 11 is 3.33. The Labute approximate surface area is 132 Å². The summed E-state index contributed by atoms with van der Waals surface area (Å²) in [6, 6.07) is 7.07. The van der Waals surface area contributed by atoms with Crippen molar-refractivity contribution in [3.63, 3.8) is 0 Å². The van der Waals surface area contributed by atoms with Crippen LogP contribution in [0.2, 0.25) is 0 Å². The highest BCUT2D eigenvalue weighted by Crippen LogP contribution is 2.34. The molecule has 0 spiro atoms. The summed E-state index contributed by atoms with van der Waals surface area (Å²) < 4.78 is 11.5. The topological polar surface area (TPSA) is 47.6 Å². The minimum atomic E-state index is -0.239. The Hall–Kier alpha value is -1.07. The summed E-state index contributed by atoms with van der Waals surface area (Å²) in [5.41, 5.74) is 1.05. The molecule has 3 unspecified atom stereocenters. The molecule has 2 fully saturated rings. The number of fused-ring (bicyclic) bond motifs is 3. The van der Waals surface area contributed by atoms with Crippen molar-refractivity contribution in [1.29, 1.82) is 0 Å². The molecule has 2 bridgehead atoms. The lowest BCUT2D eigenvalue weighted by atomic mass is 10.0. The third-order valence-electron chi connectivity index (χ3n) is 4.64. The second-order valence-electron chi connectivity index (χ2n) is 6.21. The van der Waals surface area contributed by atoms with E-state index >= 15 is 0 Å². The number of piperidine rings is 1. The number of alkyl halides is 1. The second kappa shape index (κ2) is 5.29. The van der Waals surface area contributed by atoms with Gasteiger partial charge in [0.1, 0.15) is 22.4 Å². The summed E-state index contributed by atoms with van der Waals surface area (Å²) in [6.07, 6.45) is 5.60. The van der Waals surface area contributed by atoms with Crippen LogP contribution >= 0.6 is 15.9 Å². The van der Waals surface area contributed by atoms with Gasteiger partial charge in [0.05, 0.1) is 0 Å². The van der Waals surface area contributed by atoms with Crippen molar-refractivity contribution in [2.45, 2.75) is 55.1 Å². The van der Waals surface area contributed by atoms with Crippen molar-refractivity contribution >= 4 is 21.9 Å². The zero-order chi connectivity index (χ0) is 14.4. The van der Waals surface area contributed by atoms with Crippen LogP contribution in [-0.4, -0.2) is 29.0 Å². The van der Waals surface area contributed by atoms with E-state index in [-0.39, 0.29) is 16.9 Å². The van der Waals surface area contributed by atoms with Gasteiger partial charge < -0.3 is 14.8 Å². The molecule has 0 saturated carbocycles. The Morgan fingerprint density at radius 2 is 2.00 bits per heavy atom. The van der Waals surface area contributed by atoms with Gasteiger partial charge in [0.15, 0.2) is 0 Å². The molecule has 0 amide bonds. The van der Waals surface area contributed by atoms with Crippen LogP contribution in [0.4, 0.5) is 0 Å². The molecule has 0 aromatic heterocycles. The Kier molecular flexibility index (Phi) is 3.42. The molecule has 3 atom stereocenters. The largest absolute Gasteiger partial charge is 0.490 e. The van der Waals surface area contributed by atoms with Crippen molar-refractivity contribution in [3.05, 3.63) is 23.8 Å². The molecule has 1 N–H and O–H groups in total. The molecule has 5 heteroatoms. The molecule has 3 aliphatic rings. The number of benzene rings is 1. The van der Waals surface area contributed by atoms with Gasteiger partial charge in [-0.3, -0.25) is 4.79 Å². The third-order valence-corrected chi connectivity index (χ3v) is 5.33. The second-order valence-corrected chi connectivity index (χ2v) is 7.32. The van der Waals surface area contributed by atoms with E-state index in [0.29, 0.717) is 24.3 Å². The van der Waals surface area contributed by atoms with E-state index < -0.39 is 0 Å². The molecule has 3 aliphatic heterocycles. The van der Waals surface area contributed by atoms with Crippen LogP contribution in [0.25, 0.3) is 0 Å². The lowest BCUT2D eigenvalue weighted by molar-refractivity contribution is -0.134. The van der Waals surface area contributed by atoms with Crippen LogP contribution in [0.3, 0.4) is 0 Å². The summed E-state index contributed by atoms with van der Waals surface area (Å²) in [5.74, 6) is 1.23. The summed E-state index contributed by atoms with van der Waals surface area (Å²) in [7, 11) is 0. The number of halogens is 1. The van der Waals surface area contributed by atoms with Crippen LogP contribution in [0.1, 0.15) is 31.2 Å². The van der Waals surface area contributed by atoms with E-state index in [1.165, 1.54) is 12.8 Å². The van der Waals surface area contributed by atoms with Crippen LogP contribution < -0.4 is 14.8 Å². The smallest absolute Gasteiger partial charge is 0.325 e. The van der Waals surface area contributed by atoms with Crippen molar-refractivity contribution in [3.8, 4) is 11.5 Å². The maximum absolute atomic E-state index is 11.6. The molecule has 1 aromatic carbocycles. The molecular formula is C16H18BrNO3. The highest BCUT2D eigenvalue weighted by Gasteiger charge is 2.34. The Morgan fingerprint density at radius 1 is 1.24 bits per heavy atom. The maximum Gasteiger partial charge on any atom is 0.325 e. The van der Waals surface area contributed by atoms with E-state index in [9.17, 15) is 4.79 Å². The van der Waals surface area contributed by atoms with Crippen LogP contribution in [-0.2, 0) is 11.2 Å². The van der Waals surface area contributed by atoms with Gasteiger partial charge in [0, 0.05) is 18.2 Å². The molecule has 3 heterocycles. The normalized spacial score (nSPS) is 34.2. The number of rotatable bonds is 2. The lowest BCUT2D eigenvalue weighted by Gasteiger charge is -2.30. The van der Waals surface area contributed by atoms with Gasteiger partial charge in [-0.15, -0.1) is 0 Å². The average Bonchev–Trinajstić information content (AvgIpc) is 2.80. The summed E-state index contributed by atoms with van der Waals surface area (Å²) in [6.45, 7) is 0. The first kappa shape index (κ1) is 13.6. The lowest BCUT2D eigenvalue weighted by Crippen LogP contribution is -2.42. The van der Waals surface area contributed by atoms with Crippen LogP contribution in [0, 0.1) is 0 Å². The zero-order valence-corrected chi connectivity index (χ0v) is 13.3. The highest BCUT2D eigenvalue weighted by molar-refractivity contribution is 9.10. The van der Waals surface area contributed by atoms with Crippen molar-refractivity contribution < 1.29 is 14.3 Å². The summed E-state index contributed by atoms with van der Waals surface area (Å²) in [4.78, 5) is 11.4. The number of nitrogens with one attached hydrogen (secondary N) is 1. The third kappa shape index (κ3) is 2.69. The van der Waals surface area contributed by atoms with Crippen LogP contribution in [0.5, 0.6) is 11.5 Å². The van der Waals surface area contributed by atoms with E-state index in [0.717, 1.165) is 24.2 Å². The quantitative estimate of drug-likeness (QED) is 0.505. The molecule has 4 rings (SSSR count). The van der Waals surface area contributed by atoms with Gasteiger partial charge in [-0.2, -0.15) is 0 Å². The molecule has 0 aliphatic carbocycles. The molecule has 112 valence electrons. The van der Waals surface area contributed by atoms with E-state index in [4.69, 9.17) is 9.47 Å². The van der Waals surface area contributed by atoms with Gasteiger partial charge in [-0.25, -0.2) is 0 Å². The molecule has 2 saturated heterocycles. The van der Waals surface area contributed by atoms with E-state index in [2.05, 4.69) is 21.2 Å². The van der Waals surface area contributed by atoms with Crippen molar-refractivity contribution in [2.75, 3.05) is 0 Å². The molecule has 21 heavy (non-hydrogen) atoms. The zero-order valence-electron chi connectivity index (χ0n) is 11.7. The van der Waals surface area contributed by atoms with Gasteiger partial charge in [0.25, 0.3) is 0 Å². The van der Waals surface area contributed by atoms with Crippen LogP contribution in [0.15, 0.2) is 18.2 Å². The maximum atomic E-state index is 11.6. The number of esters is 1.